The van der Waals surface area contributed by atoms with Crippen LogP contribution >= 0.6 is 11.6 Å². The van der Waals surface area contributed by atoms with Crippen LogP contribution in [0.2, 0.25) is 5.02 Å². The molecule has 0 radical (unpaired) electrons. The first kappa shape index (κ1) is 22.4. The Bertz CT molecular complexity index is 1040. The number of carbonyl (C=O) groups is 1. The van der Waals surface area contributed by atoms with E-state index in [1.807, 2.05) is 6.07 Å². The zero-order valence-electron chi connectivity index (χ0n) is 17.3. The molecule has 0 aliphatic heterocycles. The Morgan fingerprint density at radius 2 is 2.10 bits per heavy atom. The lowest BCUT2D eigenvalue weighted by Crippen LogP contribution is -2.28. The SMILES string of the molecule is CCCN(CCC)Cc1c(C(=O)NN=Cc2cccc(Cl)c2)nnn1-c1nonc1N. The van der Waals surface area contributed by atoms with Gasteiger partial charge in [-0.1, -0.05) is 42.8 Å². The number of rotatable bonds is 10. The monoisotopic (exact) mass is 445 g/mol. The van der Waals surface area contributed by atoms with Crippen LogP contribution in [-0.4, -0.2) is 55.4 Å². The summed E-state index contributed by atoms with van der Waals surface area (Å²) in [6, 6.07) is 7.09. The van der Waals surface area contributed by atoms with Gasteiger partial charge in [0.05, 0.1) is 11.9 Å². The molecule has 31 heavy (non-hydrogen) atoms. The molecule has 164 valence electrons. The van der Waals surface area contributed by atoms with Crippen LogP contribution in [-0.2, 0) is 6.54 Å². The van der Waals surface area contributed by atoms with Crippen molar-refractivity contribution in [3.8, 4) is 5.82 Å². The van der Waals surface area contributed by atoms with Gasteiger partial charge < -0.3 is 5.73 Å². The van der Waals surface area contributed by atoms with Crippen molar-refractivity contribution >= 4 is 29.5 Å². The number of carbonyl (C=O) groups excluding carboxylic acids is 1. The molecule has 0 unspecified atom stereocenters. The number of benzene rings is 1. The molecule has 0 atom stereocenters. The van der Waals surface area contributed by atoms with Crippen LogP contribution in [0.4, 0.5) is 5.82 Å². The van der Waals surface area contributed by atoms with E-state index in [4.69, 9.17) is 17.3 Å². The van der Waals surface area contributed by atoms with Crippen molar-refractivity contribution in [3.05, 3.63) is 46.2 Å². The van der Waals surface area contributed by atoms with Crippen molar-refractivity contribution in [2.45, 2.75) is 33.2 Å². The van der Waals surface area contributed by atoms with Crippen molar-refractivity contribution in [3.63, 3.8) is 0 Å². The fourth-order valence-electron chi connectivity index (χ4n) is 3.05. The van der Waals surface area contributed by atoms with Crippen LogP contribution < -0.4 is 11.2 Å². The summed E-state index contributed by atoms with van der Waals surface area (Å²) in [5, 5.41) is 20.0. The summed E-state index contributed by atoms with van der Waals surface area (Å²) in [6.07, 6.45) is 3.41. The largest absolute Gasteiger partial charge is 0.378 e. The molecule has 11 nitrogen and oxygen atoms in total. The molecule has 3 rings (SSSR count). The summed E-state index contributed by atoms with van der Waals surface area (Å²) < 4.78 is 6.06. The maximum absolute atomic E-state index is 12.8. The van der Waals surface area contributed by atoms with E-state index in [0.717, 1.165) is 31.5 Å². The molecule has 0 aliphatic rings. The van der Waals surface area contributed by atoms with Gasteiger partial charge in [-0.05, 0) is 53.9 Å². The van der Waals surface area contributed by atoms with Gasteiger partial charge in [0.15, 0.2) is 5.69 Å². The van der Waals surface area contributed by atoms with Gasteiger partial charge >= 0.3 is 0 Å². The third-order valence-electron chi connectivity index (χ3n) is 4.36. The number of nitrogen functional groups attached to an aromatic ring is 1. The first-order valence-electron chi connectivity index (χ1n) is 9.87. The van der Waals surface area contributed by atoms with Crippen LogP contribution in [0.3, 0.4) is 0 Å². The smallest absolute Gasteiger partial charge is 0.293 e. The van der Waals surface area contributed by atoms with Crippen LogP contribution in [0.25, 0.3) is 5.82 Å². The van der Waals surface area contributed by atoms with E-state index in [1.165, 1.54) is 10.9 Å². The minimum atomic E-state index is -0.512. The Labute approximate surface area is 184 Å². The fraction of sp³-hybridized carbons (Fsp3) is 0.368. The van der Waals surface area contributed by atoms with E-state index in [9.17, 15) is 4.79 Å². The molecule has 1 amide bonds. The second-order valence-corrected chi connectivity index (χ2v) is 7.24. The fourth-order valence-corrected chi connectivity index (χ4v) is 3.25. The van der Waals surface area contributed by atoms with Crippen molar-refractivity contribution in [2.24, 2.45) is 5.10 Å². The summed E-state index contributed by atoms with van der Waals surface area (Å²) in [5.74, 6) is -0.283. The zero-order chi connectivity index (χ0) is 22.2. The summed E-state index contributed by atoms with van der Waals surface area (Å²) in [7, 11) is 0. The third-order valence-corrected chi connectivity index (χ3v) is 4.59. The number of hydrogen-bond donors (Lipinski definition) is 2. The number of hydrogen-bond acceptors (Lipinski definition) is 9. The molecule has 0 bridgehead atoms. The highest BCUT2D eigenvalue weighted by molar-refractivity contribution is 6.30. The molecule has 0 spiro atoms. The van der Waals surface area contributed by atoms with Crippen LogP contribution in [0.15, 0.2) is 34.0 Å². The molecule has 0 saturated carbocycles. The van der Waals surface area contributed by atoms with Crippen LogP contribution in [0.5, 0.6) is 0 Å². The highest BCUT2D eigenvalue weighted by Gasteiger charge is 2.25. The number of nitrogens with two attached hydrogens (primary N) is 1. The van der Waals surface area contributed by atoms with Gasteiger partial charge in [-0.25, -0.2) is 10.1 Å². The molecule has 0 aliphatic carbocycles. The maximum atomic E-state index is 12.8. The Hall–Kier alpha value is -3.31. The molecule has 0 fully saturated rings. The van der Waals surface area contributed by atoms with E-state index < -0.39 is 5.91 Å². The minimum Gasteiger partial charge on any atom is -0.378 e. The molecule has 1 aromatic carbocycles. The summed E-state index contributed by atoms with van der Waals surface area (Å²) in [5.41, 5.74) is 9.68. The van der Waals surface area contributed by atoms with Gasteiger partial charge in [0.25, 0.3) is 5.91 Å². The molecular formula is C19H24ClN9O2. The summed E-state index contributed by atoms with van der Waals surface area (Å²) in [6.45, 7) is 6.30. The zero-order valence-corrected chi connectivity index (χ0v) is 18.1. The van der Waals surface area contributed by atoms with E-state index >= 15 is 0 Å². The number of halogens is 1. The van der Waals surface area contributed by atoms with Gasteiger partial charge in [-0.2, -0.15) is 9.78 Å². The third kappa shape index (κ3) is 5.64. The highest BCUT2D eigenvalue weighted by atomic mass is 35.5. The van der Waals surface area contributed by atoms with E-state index in [0.29, 0.717) is 17.3 Å². The second-order valence-electron chi connectivity index (χ2n) is 6.80. The molecule has 2 heterocycles. The predicted octanol–water partition coefficient (Wildman–Crippen LogP) is 2.27. The first-order valence-corrected chi connectivity index (χ1v) is 10.3. The van der Waals surface area contributed by atoms with E-state index in [-0.39, 0.29) is 17.3 Å². The average Bonchev–Trinajstić information content (AvgIpc) is 3.34. The lowest BCUT2D eigenvalue weighted by molar-refractivity contribution is 0.0947. The second kappa shape index (κ2) is 10.6. The molecule has 3 aromatic rings. The predicted molar refractivity (Wildman–Crippen MR) is 116 cm³/mol. The van der Waals surface area contributed by atoms with Gasteiger partial charge in [0.1, 0.15) is 0 Å². The number of aromatic nitrogens is 5. The number of anilines is 1. The van der Waals surface area contributed by atoms with E-state index in [2.05, 4.69) is 54.5 Å². The number of nitrogens with zero attached hydrogens (tertiary/aromatic N) is 7. The van der Waals surface area contributed by atoms with Crippen molar-refractivity contribution in [1.29, 1.82) is 0 Å². The number of amides is 1. The molecule has 12 heteroatoms. The number of nitrogens with one attached hydrogen (secondary N) is 1. The van der Waals surface area contributed by atoms with Crippen LogP contribution in [0, 0.1) is 0 Å². The molecule has 3 N–H and O–H groups in total. The molecule has 0 saturated heterocycles. The standard InChI is InChI=1S/C19H24ClN9O2/c1-3-8-28(9-4-2)12-15-16(23-27-29(15)18-17(21)25-31-26-18)19(30)24-22-11-13-6-5-7-14(20)10-13/h5-7,10-11H,3-4,8-9,12H2,1-2H3,(H2,21,25)(H,24,30). The molecule has 2 aromatic heterocycles. The minimum absolute atomic E-state index is 0.0506. The van der Waals surface area contributed by atoms with Crippen molar-refractivity contribution in [2.75, 3.05) is 18.8 Å². The average molecular weight is 446 g/mol. The summed E-state index contributed by atoms with van der Waals surface area (Å²) >= 11 is 5.96. The van der Waals surface area contributed by atoms with Crippen LogP contribution in [0.1, 0.15) is 48.4 Å². The first-order chi connectivity index (χ1) is 15.0. The normalized spacial score (nSPS) is 11.5. The van der Waals surface area contributed by atoms with Gasteiger partial charge in [-0.3, -0.25) is 9.69 Å². The maximum Gasteiger partial charge on any atom is 0.293 e. The topological polar surface area (TPSA) is 140 Å². The number of hydrazone groups is 1. The lowest BCUT2D eigenvalue weighted by Gasteiger charge is -2.21. The molecular weight excluding hydrogens is 422 g/mol. The lowest BCUT2D eigenvalue weighted by atomic mass is 10.2. The quantitative estimate of drug-likeness (QED) is 0.357. The Morgan fingerprint density at radius 1 is 1.32 bits per heavy atom. The van der Waals surface area contributed by atoms with E-state index in [1.54, 1.807) is 18.2 Å². The van der Waals surface area contributed by atoms with Crippen molar-refractivity contribution in [1.82, 2.24) is 35.6 Å². The Morgan fingerprint density at radius 3 is 2.74 bits per heavy atom. The Kier molecular flexibility index (Phi) is 7.68. The van der Waals surface area contributed by atoms with Crippen molar-refractivity contribution < 1.29 is 9.42 Å². The van der Waals surface area contributed by atoms with Gasteiger partial charge in [0.2, 0.25) is 11.6 Å². The van der Waals surface area contributed by atoms with Gasteiger partial charge in [0, 0.05) is 11.6 Å². The Balaban J connectivity index is 1.87. The van der Waals surface area contributed by atoms with Gasteiger partial charge in [-0.15, -0.1) is 5.10 Å². The highest BCUT2D eigenvalue weighted by Crippen LogP contribution is 2.18. The summed E-state index contributed by atoms with van der Waals surface area (Å²) in [4.78, 5) is 15.0.